The zero-order valence-corrected chi connectivity index (χ0v) is 13.7. The Morgan fingerprint density at radius 3 is 2.74 bits per heavy atom. The molecular weight excluding hydrogens is 326 g/mol. The van der Waals surface area contributed by atoms with Crippen molar-refractivity contribution in [2.45, 2.75) is 6.54 Å². The monoisotopic (exact) mass is 345 g/mol. The van der Waals surface area contributed by atoms with Crippen LogP contribution in [0.25, 0.3) is 0 Å². The number of rotatable bonds is 5. The number of benzene rings is 1. The molecule has 2 rings (SSSR count). The van der Waals surface area contributed by atoms with Crippen molar-refractivity contribution in [3.8, 4) is 0 Å². The van der Waals surface area contributed by atoms with Gasteiger partial charge in [-0.3, -0.25) is 4.90 Å². The number of nitrogens with one attached hydrogen (secondary N) is 1. The smallest absolute Gasteiger partial charge is 0.0451 e. The molecule has 0 amide bonds. The van der Waals surface area contributed by atoms with E-state index in [1.807, 2.05) is 12.1 Å². The summed E-state index contributed by atoms with van der Waals surface area (Å²) in [5, 5.41) is 4.30. The van der Waals surface area contributed by atoms with E-state index in [0.29, 0.717) is 0 Å². The fourth-order valence-electron chi connectivity index (χ4n) is 2.21. The molecule has 1 aromatic carbocycles. The van der Waals surface area contributed by atoms with E-state index in [9.17, 15) is 0 Å². The molecule has 1 aliphatic heterocycles. The largest absolute Gasteiger partial charge is 0.311 e. The molecule has 19 heavy (non-hydrogen) atoms. The summed E-state index contributed by atoms with van der Waals surface area (Å²) in [6, 6.07) is 5.98. The van der Waals surface area contributed by atoms with Gasteiger partial charge in [0, 0.05) is 55.3 Å². The number of piperazine rings is 1. The van der Waals surface area contributed by atoms with Crippen LogP contribution < -0.4 is 5.32 Å². The van der Waals surface area contributed by atoms with Gasteiger partial charge in [0.05, 0.1) is 0 Å². The molecule has 1 saturated heterocycles. The first kappa shape index (κ1) is 15.3. The third kappa shape index (κ3) is 5.04. The maximum Gasteiger partial charge on any atom is 0.0451 e. The van der Waals surface area contributed by atoms with Crippen molar-refractivity contribution in [2.24, 2.45) is 0 Å². The second kappa shape index (κ2) is 7.60. The predicted octanol–water partition coefficient (Wildman–Crippen LogP) is 2.44. The summed E-state index contributed by atoms with van der Waals surface area (Å²) in [7, 11) is 2.19. The van der Waals surface area contributed by atoms with Crippen LogP contribution in [0.4, 0.5) is 0 Å². The van der Waals surface area contributed by atoms with Crippen LogP contribution in [0.1, 0.15) is 5.56 Å². The first-order valence-corrected chi connectivity index (χ1v) is 7.88. The van der Waals surface area contributed by atoms with Gasteiger partial charge in [0.1, 0.15) is 0 Å². The van der Waals surface area contributed by atoms with E-state index in [1.54, 1.807) is 0 Å². The molecule has 0 unspecified atom stereocenters. The van der Waals surface area contributed by atoms with Crippen molar-refractivity contribution in [3.63, 3.8) is 0 Å². The summed E-state index contributed by atoms with van der Waals surface area (Å²) in [5.74, 6) is 0. The highest BCUT2D eigenvalue weighted by Crippen LogP contribution is 2.20. The van der Waals surface area contributed by atoms with Crippen molar-refractivity contribution in [3.05, 3.63) is 33.3 Å². The van der Waals surface area contributed by atoms with Gasteiger partial charge in [-0.1, -0.05) is 27.5 Å². The molecule has 1 aromatic rings. The Kier molecular flexibility index (Phi) is 6.10. The van der Waals surface area contributed by atoms with Crippen molar-refractivity contribution in [1.29, 1.82) is 0 Å². The lowest BCUT2D eigenvalue weighted by atomic mass is 10.2. The van der Waals surface area contributed by atoms with Crippen molar-refractivity contribution >= 4 is 27.5 Å². The summed E-state index contributed by atoms with van der Waals surface area (Å²) in [5.41, 5.74) is 1.15. The minimum Gasteiger partial charge on any atom is -0.311 e. The zero-order chi connectivity index (χ0) is 13.7. The van der Waals surface area contributed by atoms with Crippen LogP contribution in [0.5, 0.6) is 0 Å². The van der Waals surface area contributed by atoms with Crippen LogP contribution in [-0.4, -0.2) is 56.1 Å². The average Bonchev–Trinajstić information content (AvgIpc) is 2.40. The second-order valence-corrected chi connectivity index (χ2v) is 6.38. The van der Waals surface area contributed by atoms with Gasteiger partial charge in [0.15, 0.2) is 0 Å². The zero-order valence-electron chi connectivity index (χ0n) is 11.3. The van der Waals surface area contributed by atoms with Gasteiger partial charge in [-0.05, 0) is 30.8 Å². The molecule has 0 spiro atoms. The van der Waals surface area contributed by atoms with Gasteiger partial charge >= 0.3 is 0 Å². The number of nitrogens with zero attached hydrogens (tertiary/aromatic N) is 2. The fourth-order valence-corrected chi connectivity index (χ4v) is 2.80. The Labute approximate surface area is 129 Å². The second-order valence-electron chi connectivity index (χ2n) is 5.06. The first-order chi connectivity index (χ1) is 9.15. The number of likely N-dealkylation sites (N-methyl/N-ethyl adjacent to an activating group) is 1. The van der Waals surface area contributed by atoms with E-state index < -0.39 is 0 Å². The molecule has 106 valence electrons. The lowest BCUT2D eigenvalue weighted by molar-refractivity contribution is 0.154. The van der Waals surface area contributed by atoms with Gasteiger partial charge in [-0.2, -0.15) is 0 Å². The summed E-state index contributed by atoms with van der Waals surface area (Å²) >= 11 is 9.64. The van der Waals surface area contributed by atoms with Crippen LogP contribution in [0.2, 0.25) is 5.02 Å². The number of hydrogen-bond acceptors (Lipinski definition) is 3. The maximum atomic E-state index is 6.16. The molecule has 0 bridgehead atoms. The molecule has 0 radical (unpaired) electrons. The van der Waals surface area contributed by atoms with Gasteiger partial charge < -0.3 is 10.2 Å². The minimum atomic E-state index is 0.825. The Morgan fingerprint density at radius 1 is 1.26 bits per heavy atom. The van der Waals surface area contributed by atoms with Crippen LogP contribution in [0.15, 0.2) is 22.7 Å². The standard InChI is InChI=1S/C14H21BrClN3/c1-18-6-8-19(9-7-18)5-4-17-11-12-10-13(15)2-3-14(12)16/h2-3,10,17H,4-9,11H2,1H3. The van der Waals surface area contributed by atoms with Crippen LogP contribution in [-0.2, 0) is 6.54 Å². The van der Waals surface area contributed by atoms with Crippen LogP contribution in [0, 0.1) is 0 Å². The molecule has 1 fully saturated rings. The highest BCUT2D eigenvalue weighted by Gasteiger charge is 2.12. The van der Waals surface area contributed by atoms with Crippen LogP contribution >= 0.6 is 27.5 Å². The quantitative estimate of drug-likeness (QED) is 0.826. The number of hydrogen-bond donors (Lipinski definition) is 1. The normalized spacial score (nSPS) is 17.8. The molecule has 1 N–H and O–H groups in total. The molecule has 0 atom stereocenters. The van der Waals surface area contributed by atoms with E-state index in [4.69, 9.17) is 11.6 Å². The lowest BCUT2D eigenvalue weighted by Gasteiger charge is -2.32. The Hall–Kier alpha value is -0.130. The van der Waals surface area contributed by atoms with Gasteiger partial charge in [0.25, 0.3) is 0 Å². The van der Waals surface area contributed by atoms with Gasteiger partial charge in [-0.25, -0.2) is 0 Å². The topological polar surface area (TPSA) is 18.5 Å². The van der Waals surface area contributed by atoms with E-state index in [2.05, 4.69) is 44.2 Å². The summed E-state index contributed by atoms with van der Waals surface area (Å²) in [6.45, 7) is 7.65. The Bertz CT molecular complexity index is 406. The Morgan fingerprint density at radius 2 is 2.00 bits per heavy atom. The molecule has 0 aromatic heterocycles. The van der Waals surface area contributed by atoms with Crippen molar-refractivity contribution in [2.75, 3.05) is 46.3 Å². The molecule has 0 saturated carbocycles. The van der Waals surface area contributed by atoms with Gasteiger partial charge in [0.2, 0.25) is 0 Å². The van der Waals surface area contributed by atoms with E-state index in [1.165, 1.54) is 26.2 Å². The lowest BCUT2D eigenvalue weighted by Crippen LogP contribution is -2.46. The third-order valence-electron chi connectivity index (χ3n) is 3.52. The summed E-state index contributed by atoms with van der Waals surface area (Å²) in [4.78, 5) is 4.89. The molecule has 1 aliphatic rings. The fraction of sp³-hybridized carbons (Fsp3) is 0.571. The summed E-state index contributed by atoms with van der Waals surface area (Å²) in [6.07, 6.45) is 0. The highest BCUT2D eigenvalue weighted by atomic mass is 79.9. The van der Waals surface area contributed by atoms with E-state index >= 15 is 0 Å². The third-order valence-corrected chi connectivity index (χ3v) is 4.39. The SMILES string of the molecule is CN1CCN(CCNCc2cc(Br)ccc2Cl)CC1. The van der Waals surface area contributed by atoms with Gasteiger partial charge in [-0.15, -0.1) is 0 Å². The minimum absolute atomic E-state index is 0.825. The van der Waals surface area contributed by atoms with E-state index in [-0.39, 0.29) is 0 Å². The number of halogens is 2. The molecular formula is C14H21BrClN3. The molecule has 1 heterocycles. The molecule has 0 aliphatic carbocycles. The van der Waals surface area contributed by atoms with Crippen molar-refractivity contribution < 1.29 is 0 Å². The summed E-state index contributed by atoms with van der Waals surface area (Å²) < 4.78 is 1.08. The predicted molar refractivity (Wildman–Crippen MR) is 84.8 cm³/mol. The molecule has 5 heteroatoms. The Balaban J connectivity index is 1.68. The molecule has 3 nitrogen and oxygen atoms in total. The van der Waals surface area contributed by atoms with E-state index in [0.717, 1.165) is 34.7 Å². The highest BCUT2D eigenvalue weighted by molar-refractivity contribution is 9.10. The van der Waals surface area contributed by atoms with Crippen LogP contribution in [0.3, 0.4) is 0 Å². The maximum absolute atomic E-state index is 6.16. The first-order valence-electron chi connectivity index (χ1n) is 6.71. The average molecular weight is 347 g/mol. The van der Waals surface area contributed by atoms with Crippen molar-refractivity contribution in [1.82, 2.24) is 15.1 Å².